The van der Waals surface area contributed by atoms with Gasteiger partial charge in [-0.1, -0.05) is 18.2 Å². The molecule has 0 unspecified atom stereocenters. The molecule has 5 nitrogen and oxygen atoms in total. The highest BCUT2D eigenvalue weighted by Gasteiger charge is 2.30. The van der Waals surface area contributed by atoms with Crippen molar-refractivity contribution in [2.75, 3.05) is 5.32 Å². The van der Waals surface area contributed by atoms with E-state index in [1.165, 1.54) is 12.1 Å². The van der Waals surface area contributed by atoms with Crippen LogP contribution in [0, 0.1) is 11.7 Å². The van der Waals surface area contributed by atoms with E-state index in [0.717, 1.165) is 49.8 Å². The fourth-order valence-corrected chi connectivity index (χ4v) is 4.05. The van der Waals surface area contributed by atoms with Gasteiger partial charge in [0.1, 0.15) is 5.82 Å². The maximum Gasteiger partial charge on any atom is 0.254 e. The number of benzene rings is 2. The van der Waals surface area contributed by atoms with Crippen molar-refractivity contribution in [3.8, 4) is 0 Å². The first-order chi connectivity index (χ1) is 14.5. The molecule has 4 rings (SSSR count). The van der Waals surface area contributed by atoms with Crippen molar-refractivity contribution in [1.29, 1.82) is 0 Å². The molecule has 30 heavy (non-hydrogen) atoms. The van der Waals surface area contributed by atoms with Gasteiger partial charge in [0, 0.05) is 35.8 Å². The molecule has 0 bridgehead atoms. The fourth-order valence-electron chi connectivity index (χ4n) is 4.05. The molecule has 2 aliphatic rings. The number of amides is 2. The lowest BCUT2D eigenvalue weighted by Crippen LogP contribution is -2.43. The molecule has 158 valence electrons. The van der Waals surface area contributed by atoms with Crippen LogP contribution in [-0.4, -0.2) is 28.8 Å². The summed E-state index contributed by atoms with van der Waals surface area (Å²) >= 11 is 0. The van der Waals surface area contributed by atoms with Crippen LogP contribution in [0.4, 0.5) is 10.1 Å². The molecule has 3 N–H and O–H groups in total. The maximum absolute atomic E-state index is 13.7. The third kappa shape index (κ3) is 5.05. The summed E-state index contributed by atoms with van der Waals surface area (Å²) in [6, 6.07) is 13.7. The summed E-state index contributed by atoms with van der Waals surface area (Å²) in [5.41, 5.74) is 8.15. The van der Waals surface area contributed by atoms with Gasteiger partial charge in [-0.25, -0.2) is 4.39 Å². The molecule has 2 fully saturated rings. The topological polar surface area (TPSA) is 75.4 Å². The Morgan fingerprint density at radius 3 is 2.33 bits per heavy atom. The lowest BCUT2D eigenvalue weighted by atomic mass is 9.90. The van der Waals surface area contributed by atoms with Crippen LogP contribution in [-0.2, 0) is 11.3 Å². The molecule has 6 heteroatoms. The summed E-state index contributed by atoms with van der Waals surface area (Å²) < 4.78 is 13.7. The summed E-state index contributed by atoms with van der Waals surface area (Å²) in [5, 5.41) is 2.93. The molecule has 0 aliphatic heterocycles. The van der Waals surface area contributed by atoms with Crippen molar-refractivity contribution >= 4 is 17.5 Å². The molecule has 0 radical (unpaired) electrons. The van der Waals surface area contributed by atoms with Crippen molar-refractivity contribution in [2.24, 2.45) is 11.7 Å². The molecule has 0 atom stereocenters. The van der Waals surface area contributed by atoms with Crippen LogP contribution in [0.3, 0.4) is 0 Å². The van der Waals surface area contributed by atoms with Gasteiger partial charge >= 0.3 is 0 Å². The largest absolute Gasteiger partial charge is 0.331 e. The van der Waals surface area contributed by atoms with E-state index in [4.69, 9.17) is 5.73 Å². The van der Waals surface area contributed by atoms with Gasteiger partial charge in [0.15, 0.2) is 0 Å². The van der Waals surface area contributed by atoms with Gasteiger partial charge in [-0.3, -0.25) is 9.59 Å². The molecule has 0 saturated heterocycles. The highest BCUT2D eigenvalue weighted by Crippen LogP contribution is 2.30. The Morgan fingerprint density at radius 2 is 1.70 bits per heavy atom. The zero-order chi connectivity index (χ0) is 21.1. The van der Waals surface area contributed by atoms with Crippen LogP contribution >= 0.6 is 0 Å². The number of nitrogens with two attached hydrogens (primary N) is 1. The summed E-state index contributed by atoms with van der Waals surface area (Å²) in [4.78, 5) is 27.0. The third-order valence-electron chi connectivity index (χ3n) is 6.04. The molecule has 0 aromatic heterocycles. The maximum atomic E-state index is 13.7. The van der Waals surface area contributed by atoms with Gasteiger partial charge < -0.3 is 16.0 Å². The normalized spacial score (nSPS) is 21.1. The summed E-state index contributed by atoms with van der Waals surface area (Å²) in [7, 11) is 0. The van der Waals surface area contributed by atoms with Gasteiger partial charge in [0.05, 0.1) is 0 Å². The van der Waals surface area contributed by atoms with Crippen LogP contribution < -0.4 is 11.1 Å². The van der Waals surface area contributed by atoms with Gasteiger partial charge in [0.2, 0.25) is 5.91 Å². The van der Waals surface area contributed by atoms with E-state index in [1.807, 2.05) is 29.2 Å². The van der Waals surface area contributed by atoms with Gasteiger partial charge in [-0.05, 0) is 74.4 Å². The van der Waals surface area contributed by atoms with Crippen LogP contribution in [0.1, 0.15) is 54.4 Å². The molecule has 0 heterocycles. The SMILES string of the molecule is NC1CCC(N(Cc2ccc(NC(=O)C3CC3)cc2)C(=O)c2cccc(F)c2)CC1. The minimum Gasteiger partial charge on any atom is -0.331 e. The second-order valence-corrected chi connectivity index (χ2v) is 8.47. The first-order valence-corrected chi connectivity index (χ1v) is 10.7. The smallest absolute Gasteiger partial charge is 0.254 e. The number of hydrogen-bond donors (Lipinski definition) is 2. The average molecular weight is 410 g/mol. The fraction of sp³-hybridized carbons (Fsp3) is 0.417. The molecular weight excluding hydrogens is 381 g/mol. The summed E-state index contributed by atoms with van der Waals surface area (Å²) in [5.74, 6) is -0.353. The highest BCUT2D eigenvalue weighted by molar-refractivity contribution is 5.95. The lowest BCUT2D eigenvalue weighted by molar-refractivity contribution is -0.117. The predicted octanol–water partition coefficient (Wildman–Crippen LogP) is 4.09. The van der Waals surface area contributed by atoms with Crippen LogP contribution in [0.2, 0.25) is 0 Å². The Bertz CT molecular complexity index is 903. The molecular formula is C24H28FN3O2. The van der Waals surface area contributed by atoms with Crippen molar-refractivity contribution in [2.45, 2.75) is 57.2 Å². The minimum absolute atomic E-state index is 0.0733. The average Bonchev–Trinajstić information content (AvgIpc) is 3.59. The number of hydrogen-bond acceptors (Lipinski definition) is 3. The van der Waals surface area contributed by atoms with E-state index >= 15 is 0 Å². The Kier molecular flexibility index (Phi) is 6.13. The van der Waals surface area contributed by atoms with E-state index in [0.29, 0.717) is 12.1 Å². The first-order valence-electron chi connectivity index (χ1n) is 10.7. The predicted molar refractivity (Wildman–Crippen MR) is 114 cm³/mol. The Labute approximate surface area is 176 Å². The third-order valence-corrected chi connectivity index (χ3v) is 6.04. The van der Waals surface area contributed by atoms with Gasteiger partial charge in [0.25, 0.3) is 5.91 Å². The molecule has 2 aromatic rings. The first kappa shape index (κ1) is 20.5. The van der Waals surface area contributed by atoms with Crippen LogP contribution in [0.15, 0.2) is 48.5 Å². The molecule has 2 amide bonds. The van der Waals surface area contributed by atoms with E-state index in [1.54, 1.807) is 12.1 Å². The van der Waals surface area contributed by atoms with Crippen molar-refractivity contribution in [3.05, 3.63) is 65.5 Å². The summed E-state index contributed by atoms with van der Waals surface area (Å²) in [6.07, 6.45) is 5.38. The minimum atomic E-state index is -0.415. The zero-order valence-corrected chi connectivity index (χ0v) is 17.0. The number of nitrogens with one attached hydrogen (secondary N) is 1. The van der Waals surface area contributed by atoms with Crippen LogP contribution in [0.25, 0.3) is 0 Å². The van der Waals surface area contributed by atoms with Crippen LogP contribution in [0.5, 0.6) is 0 Å². The molecule has 2 aliphatic carbocycles. The van der Waals surface area contributed by atoms with Crippen molar-refractivity contribution in [1.82, 2.24) is 4.90 Å². The number of carbonyl (C=O) groups is 2. The van der Waals surface area contributed by atoms with Gasteiger partial charge in [-0.2, -0.15) is 0 Å². The Morgan fingerprint density at radius 1 is 1.00 bits per heavy atom. The second-order valence-electron chi connectivity index (χ2n) is 8.47. The van der Waals surface area contributed by atoms with E-state index in [-0.39, 0.29) is 29.8 Å². The molecule has 0 spiro atoms. The molecule has 2 saturated carbocycles. The number of rotatable bonds is 6. The second kappa shape index (κ2) is 8.96. The van der Waals surface area contributed by atoms with Gasteiger partial charge in [-0.15, -0.1) is 0 Å². The number of nitrogens with zero attached hydrogens (tertiary/aromatic N) is 1. The van der Waals surface area contributed by atoms with E-state index in [9.17, 15) is 14.0 Å². The quantitative estimate of drug-likeness (QED) is 0.755. The summed E-state index contributed by atoms with van der Waals surface area (Å²) in [6.45, 7) is 0.437. The standard InChI is InChI=1S/C24H28FN3O2/c25-19-3-1-2-18(14-19)24(30)28(22-12-8-20(26)9-13-22)15-16-4-10-21(11-5-16)27-23(29)17-6-7-17/h1-5,10-11,14,17,20,22H,6-9,12-13,15,26H2,(H,27,29). The highest BCUT2D eigenvalue weighted by atomic mass is 19.1. The number of carbonyl (C=O) groups excluding carboxylic acids is 2. The van der Waals surface area contributed by atoms with E-state index < -0.39 is 5.82 Å². The lowest BCUT2D eigenvalue weighted by Gasteiger charge is -2.36. The zero-order valence-electron chi connectivity index (χ0n) is 17.0. The van der Waals surface area contributed by atoms with Crippen molar-refractivity contribution in [3.63, 3.8) is 0 Å². The monoisotopic (exact) mass is 409 g/mol. The Balaban J connectivity index is 1.50. The van der Waals surface area contributed by atoms with Crippen molar-refractivity contribution < 1.29 is 14.0 Å². The number of halogens is 1. The van der Waals surface area contributed by atoms with E-state index in [2.05, 4.69) is 5.32 Å². The number of anilines is 1. The Hall–Kier alpha value is -2.73. The molecule has 2 aromatic carbocycles.